The van der Waals surface area contributed by atoms with Crippen LogP contribution in [0.5, 0.6) is 0 Å². The molecule has 1 saturated carbocycles. The highest BCUT2D eigenvalue weighted by molar-refractivity contribution is 7.90. The maximum absolute atomic E-state index is 13.3. The van der Waals surface area contributed by atoms with Crippen LogP contribution in [-0.2, 0) is 14.6 Å². The maximum Gasteiger partial charge on any atom is 0.233 e. The van der Waals surface area contributed by atoms with Crippen molar-refractivity contribution in [3.63, 3.8) is 0 Å². The van der Waals surface area contributed by atoms with Crippen molar-refractivity contribution in [1.29, 1.82) is 0 Å². The Hall–Kier alpha value is -2.29. The Morgan fingerprint density at radius 3 is 2.59 bits per heavy atom. The number of hydrogen-bond donors (Lipinski definition) is 1. The largest absolute Gasteiger partial charge is 0.309 e. The van der Waals surface area contributed by atoms with Crippen molar-refractivity contribution in [2.24, 2.45) is 5.92 Å². The number of anilines is 1. The van der Waals surface area contributed by atoms with E-state index < -0.39 is 15.8 Å². The normalized spacial score (nSPS) is 15.6. The molecule has 4 rings (SSSR count). The lowest BCUT2D eigenvalue weighted by Crippen LogP contribution is -2.24. The molecule has 1 aromatic carbocycles. The number of carbonyl (C=O) groups is 1. The molecule has 32 heavy (non-hydrogen) atoms. The van der Waals surface area contributed by atoms with Gasteiger partial charge in [-0.15, -0.1) is 0 Å². The van der Waals surface area contributed by atoms with Crippen LogP contribution in [0.1, 0.15) is 43.6 Å². The van der Waals surface area contributed by atoms with Gasteiger partial charge in [-0.1, -0.05) is 43.4 Å². The Bertz CT molecular complexity index is 1190. The summed E-state index contributed by atoms with van der Waals surface area (Å²) in [7, 11) is -3.44. The molecule has 1 fully saturated rings. The fourth-order valence-electron chi connectivity index (χ4n) is 4.17. The molecular formula is C23H24ClN3O3S2. The zero-order valence-corrected chi connectivity index (χ0v) is 20.0. The molecule has 0 saturated heterocycles. The monoisotopic (exact) mass is 489 g/mol. The Morgan fingerprint density at radius 1 is 1.22 bits per heavy atom. The van der Waals surface area contributed by atoms with Gasteiger partial charge >= 0.3 is 0 Å². The van der Waals surface area contributed by atoms with Gasteiger partial charge in [0.25, 0.3) is 0 Å². The van der Waals surface area contributed by atoms with E-state index in [1.807, 2.05) is 16.8 Å². The quantitative estimate of drug-likeness (QED) is 0.469. The molecule has 1 unspecified atom stereocenters. The molecule has 0 bridgehead atoms. The van der Waals surface area contributed by atoms with Gasteiger partial charge in [-0.3, -0.25) is 9.78 Å². The fourth-order valence-corrected chi connectivity index (χ4v) is 6.16. The molecule has 6 nitrogen and oxygen atoms in total. The summed E-state index contributed by atoms with van der Waals surface area (Å²) in [6, 6.07) is 6.74. The number of rotatable bonds is 7. The van der Waals surface area contributed by atoms with Crippen LogP contribution >= 0.6 is 22.9 Å². The molecule has 168 valence electrons. The zero-order chi connectivity index (χ0) is 22.7. The first-order chi connectivity index (χ1) is 15.3. The van der Waals surface area contributed by atoms with Crippen LogP contribution in [-0.4, -0.2) is 30.5 Å². The lowest BCUT2D eigenvalue weighted by atomic mass is 9.87. The van der Waals surface area contributed by atoms with Crippen molar-refractivity contribution in [2.45, 2.75) is 42.9 Å². The highest BCUT2D eigenvalue weighted by Crippen LogP contribution is 2.36. The van der Waals surface area contributed by atoms with Crippen molar-refractivity contribution >= 4 is 44.5 Å². The summed E-state index contributed by atoms with van der Waals surface area (Å²) in [6.07, 6.45) is 9.52. The van der Waals surface area contributed by atoms with E-state index in [4.69, 9.17) is 11.6 Å². The van der Waals surface area contributed by atoms with Crippen molar-refractivity contribution < 1.29 is 13.2 Å². The van der Waals surface area contributed by atoms with Gasteiger partial charge in [0, 0.05) is 17.2 Å². The number of nitrogens with zero attached hydrogens (tertiary/aromatic N) is 2. The molecule has 1 N–H and O–H groups in total. The molecule has 0 spiro atoms. The molecule has 2 aromatic heterocycles. The van der Waals surface area contributed by atoms with Gasteiger partial charge in [-0.05, 0) is 41.5 Å². The number of carbonyl (C=O) groups excluding carboxylic acids is 1. The third-order valence-electron chi connectivity index (χ3n) is 5.84. The molecule has 0 radical (unpaired) electrons. The SMILES string of the molecule is CS(=O)(=O)c1ccc(C(CC2CCCC2)C(=O)Nc2cnc(-c3ccsc3)cn2)cc1Cl. The molecule has 1 amide bonds. The Balaban J connectivity index is 1.57. The molecule has 0 aliphatic heterocycles. The highest BCUT2D eigenvalue weighted by Gasteiger charge is 2.28. The number of nitrogens with one attached hydrogen (secondary N) is 1. The van der Waals surface area contributed by atoms with E-state index in [0.717, 1.165) is 30.4 Å². The summed E-state index contributed by atoms with van der Waals surface area (Å²) in [5.74, 6) is 0.177. The molecule has 2 heterocycles. The zero-order valence-electron chi connectivity index (χ0n) is 17.6. The molecule has 1 atom stereocenters. The number of sulfone groups is 1. The second-order valence-electron chi connectivity index (χ2n) is 8.19. The highest BCUT2D eigenvalue weighted by atomic mass is 35.5. The van der Waals surface area contributed by atoms with Crippen LogP contribution in [0.3, 0.4) is 0 Å². The smallest absolute Gasteiger partial charge is 0.233 e. The van der Waals surface area contributed by atoms with E-state index in [9.17, 15) is 13.2 Å². The first-order valence-corrected chi connectivity index (χ1v) is 13.7. The first kappa shape index (κ1) is 22.9. The Kier molecular flexibility index (Phi) is 6.93. The number of hydrogen-bond acceptors (Lipinski definition) is 6. The van der Waals surface area contributed by atoms with E-state index in [1.165, 1.54) is 18.9 Å². The summed E-state index contributed by atoms with van der Waals surface area (Å²) in [6.45, 7) is 0. The second kappa shape index (κ2) is 9.68. The topological polar surface area (TPSA) is 89.0 Å². The van der Waals surface area contributed by atoms with Gasteiger partial charge in [0.2, 0.25) is 5.91 Å². The van der Waals surface area contributed by atoms with Crippen LogP contribution in [0.4, 0.5) is 5.82 Å². The average Bonchev–Trinajstić information content (AvgIpc) is 3.46. The minimum atomic E-state index is -3.44. The molecule has 9 heteroatoms. The fraction of sp³-hybridized carbons (Fsp3) is 0.348. The molecule has 3 aromatic rings. The van der Waals surface area contributed by atoms with Crippen molar-refractivity contribution in [3.8, 4) is 11.3 Å². The van der Waals surface area contributed by atoms with Crippen LogP contribution in [0.15, 0.2) is 52.3 Å². The minimum Gasteiger partial charge on any atom is -0.309 e. The predicted molar refractivity (Wildman–Crippen MR) is 128 cm³/mol. The third kappa shape index (κ3) is 5.36. The van der Waals surface area contributed by atoms with Crippen molar-refractivity contribution in [1.82, 2.24) is 9.97 Å². The van der Waals surface area contributed by atoms with Crippen molar-refractivity contribution in [2.75, 3.05) is 11.6 Å². The Labute approximate surface area is 197 Å². The van der Waals surface area contributed by atoms with Gasteiger partial charge in [0.1, 0.15) is 0 Å². The van der Waals surface area contributed by atoms with Crippen LogP contribution in [0.25, 0.3) is 11.3 Å². The van der Waals surface area contributed by atoms with E-state index >= 15 is 0 Å². The van der Waals surface area contributed by atoms with Crippen molar-refractivity contribution in [3.05, 3.63) is 58.0 Å². The third-order valence-corrected chi connectivity index (χ3v) is 8.10. The predicted octanol–water partition coefficient (Wildman–Crippen LogP) is 5.56. The Morgan fingerprint density at radius 2 is 2.00 bits per heavy atom. The van der Waals surface area contributed by atoms with Gasteiger partial charge < -0.3 is 5.32 Å². The molecule has 1 aliphatic carbocycles. The van der Waals surface area contributed by atoms with E-state index in [-0.39, 0.29) is 15.8 Å². The van der Waals surface area contributed by atoms with Crippen LogP contribution < -0.4 is 5.32 Å². The van der Waals surface area contributed by atoms with E-state index in [1.54, 1.807) is 35.9 Å². The lowest BCUT2D eigenvalue weighted by Gasteiger charge is -2.21. The van der Waals surface area contributed by atoms with E-state index in [0.29, 0.717) is 23.7 Å². The average molecular weight is 490 g/mol. The summed E-state index contributed by atoms with van der Waals surface area (Å²) in [5, 5.41) is 6.98. The standard InChI is InChI=1S/C23H24ClN3O3S2/c1-32(29,30)21-7-6-16(11-19(21)24)18(10-15-4-2-3-5-15)23(28)27-22-13-25-20(12-26-22)17-8-9-31-14-17/h6-9,11-15,18H,2-5,10H2,1H3,(H,26,27,28). The number of halogens is 1. The van der Waals surface area contributed by atoms with Gasteiger partial charge in [0.05, 0.1) is 33.9 Å². The summed E-state index contributed by atoms with van der Waals surface area (Å²) in [4.78, 5) is 22.1. The van der Waals surface area contributed by atoms with Crippen LogP contribution in [0, 0.1) is 5.92 Å². The number of amides is 1. The number of aromatic nitrogens is 2. The number of thiophene rings is 1. The van der Waals surface area contributed by atoms with Gasteiger partial charge in [-0.2, -0.15) is 11.3 Å². The van der Waals surface area contributed by atoms with Crippen LogP contribution in [0.2, 0.25) is 5.02 Å². The van der Waals surface area contributed by atoms with E-state index in [2.05, 4.69) is 15.3 Å². The summed E-state index contributed by atoms with van der Waals surface area (Å²) in [5.41, 5.74) is 2.43. The molecule has 1 aliphatic rings. The lowest BCUT2D eigenvalue weighted by molar-refractivity contribution is -0.118. The summed E-state index contributed by atoms with van der Waals surface area (Å²) >= 11 is 7.86. The molecular weight excluding hydrogens is 466 g/mol. The maximum atomic E-state index is 13.3. The summed E-state index contributed by atoms with van der Waals surface area (Å²) < 4.78 is 23.8. The second-order valence-corrected chi connectivity index (χ2v) is 11.4. The minimum absolute atomic E-state index is 0.0674. The van der Waals surface area contributed by atoms with Gasteiger partial charge in [-0.25, -0.2) is 13.4 Å². The number of benzene rings is 1. The first-order valence-electron chi connectivity index (χ1n) is 10.5. The van der Waals surface area contributed by atoms with Gasteiger partial charge in [0.15, 0.2) is 15.7 Å².